The number of halogens is 2. The van der Waals surface area contributed by atoms with Gasteiger partial charge in [0.15, 0.2) is 5.13 Å². The predicted octanol–water partition coefficient (Wildman–Crippen LogP) is 4.06. The molecule has 0 aliphatic carbocycles. The van der Waals surface area contributed by atoms with Crippen LogP contribution >= 0.6 is 11.3 Å². The van der Waals surface area contributed by atoms with E-state index in [-0.39, 0.29) is 22.1 Å². The van der Waals surface area contributed by atoms with Crippen LogP contribution in [-0.2, 0) is 0 Å². The van der Waals surface area contributed by atoms with E-state index in [2.05, 4.69) is 15.0 Å². The van der Waals surface area contributed by atoms with Gasteiger partial charge >= 0.3 is 6.61 Å². The van der Waals surface area contributed by atoms with Gasteiger partial charge in [-0.05, 0) is 24.3 Å². The first-order valence-corrected chi connectivity index (χ1v) is 7.65. The third kappa shape index (κ3) is 3.86. The van der Waals surface area contributed by atoms with E-state index in [1.54, 1.807) is 0 Å². The zero-order valence-electron chi connectivity index (χ0n) is 12.3. The molecule has 2 aromatic carbocycles. The second kappa shape index (κ2) is 6.77. The highest BCUT2D eigenvalue weighted by molar-refractivity contribution is 7.22. The summed E-state index contributed by atoms with van der Waals surface area (Å²) >= 11 is 1.07. The summed E-state index contributed by atoms with van der Waals surface area (Å²) in [4.78, 5) is 26.6. The summed E-state index contributed by atoms with van der Waals surface area (Å²) in [6, 6.07) is 9.49. The van der Waals surface area contributed by atoms with Gasteiger partial charge in [0.25, 0.3) is 11.6 Å². The Morgan fingerprint density at radius 3 is 2.80 bits per heavy atom. The number of hydrogen-bond donors (Lipinski definition) is 1. The lowest BCUT2D eigenvalue weighted by molar-refractivity contribution is -0.384. The predicted molar refractivity (Wildman–Crippen MR) is 87.3 cm³/mol. The molecule has 0 fully saturated rings. The molecule has 1 amide bonds. The zero-order valence-corrected chi connectivity index (χ0v) is 13.1. The van der Waals surface area contributed by atoms with Gasteiger partial charge in [0.05, 0.1) is 15.1 Å². The number of amides is 1. The van der Waals surface area contributed by atoms with Gasteiger partial charge in [-0.15, -0.1) is 0 Å². The Morgan fingerprint density at radius 2 is 2.08 bits per heavy atom. The first kappa shape index (κ1) is 16.7. The van der Waals surface area contributed by atoms with Crippen molar-refractivity contribution in [3.63, 3.8) is 0 Å². The van der Waals surface area contributed by atoms with E-state index in [1.165, 1.54) is 42.5 Å². The molecule has 7 nitrogen and oxygen atoms in total. The van der Waals surface area contributed by atoms with Crippen molar-refractivity contribution in [1.82, 2.24) is 4.98 Å². The summed E-state index contributed by atoms with van der Waals surface area (Å²) in [6.07, 6.45) is 0. The standard InChI is InChI=1S/C15H9F2N3O4S/c16-14(17)24-10-3-1-2-8(6-10)13(21)19-15-18-11-5-4-9(20(22)23)7-12(11)25-15/h1-7,14H,(H,18,19,21). The molecule has 0 radical (unpaired) electrons. The average Bonchev–Trinajstić information content (AvgIpc) is 2.95. The summed E-state index contributed by atoms with van der Waals surface area (Å²) in [5, 5.41) is 13.5. The minimum absolute atomic E-state index is 0.0779. The summed E-state index contributed by atoms with van der Waals surface area (Å²) in [5.41, 5.74) is 0.537. The van der Waals surface area contributed by atoms with Crippen LogP contribution in [0, 0.1) is 10.1 Å². The number of anilines is 1. The van der Waals surface area contributed by atoms with Crippen molar-refractivity contribution in [1.29, 1.82) is 0 Å². The first-order chi connectivity index (χ1) is 11.9. The number of fused-ring (bicyclic) bond motifs is 1. The van der Waals surface area contributed by atoms with Crippen LogP contribution in [0.15, 0.2) is 42.5 Å². The van der Waals surface area contributed by atoms with E-state index in [4.69, 9.17) is 0 Å². The average molecular weight is 365 g/mol. The Morgan fingerprint density at radius 1 is 1.28 bits per heavy atom. The lowest BCUT2D eigenvalue weighted by Gasteiger charge is -2.06. The van der Waals surface area contributed by atoms with Crippen LogP contribution in [0.4, 0.5) is 19.6 Å². The molecule has 128 valence electrons. The molecule has 25 heavy (non-hydrogen) atoms. The van der Waals surface area contributed by atoms with Crippen molar-refractivity contribution >= 4 is 38.3 Å². The molecule has 10 heteroatoms. The van der Waals surface area contributed by atoms with E-state index in [1.807, 2.05) is 0 Å². The van der Waals surface area contributed by atoms with Crippen molar-refractivity contribution in [3.05, 3.63) is 58.1 Å². The van der Waals surface area contributed by atoms with Crippen LogP contribution in [0.1, 0.15) is 10.4 Å². The van der Waals surface area contributed by atoms with Gasteiger partial charge < -0.3 is 4.74 Å². The molecule has 0 aliphatic rings. The van der Waals surface area contributed by atoms with Crippen molar-refractivity contribution in [3.8, 4) is 5.75 Å². The van der Waals surface area contributed by atoms with Crippen molar-refractivity contribution in [2.45, 2.75) is 6.61 Å². The first-order valence-electron chi connectivity index (χ1n) is 6.83. The number of alkyl halides is 2. The van der Waals surface area contributed by atoms with Crippen LogP contribution in [0.3, 0.4) is 0 Å². The summed E-state index contributed by atoms with van der Waals surface area (Å²) in [5.74, 6) is -0.698. The third-order valence-electron chi connectivity index (χ3n) is 3.12. The van der Waals surface area contributed by atoms with Crippen LogP contribution in [0.25, 0.3) is 10.2 Å². The molecule has 1 N–H and O–H groups in total. The van der Waals surface area contributed by atoms with Crippen molar-refractivity contribution in [2.24, 2.45) is 0 Å². The molecule has 0 bridgehead atoms. The number of aromatic nitrogens is 1. The van der Waals surface area contributed by atoms with Crippen molar-refractivity contribution < 1.29 is 23.2 Å². The smallest absolute Gasteiger partial charge is 0.387 e. The fourth-order valence-electron chi connectivity index (χ4n) is 2.06. The third-order valence-corrected chi connectivity index (χ3v) is 4.06. The molecule has 3 aromatic rings. The number of ether oxygens (including phenoxy) is 1. The monoisotopic (exact) mass is 365 g/mol. The summed E-state index contributed by atoms with van der Waals surface area (Å²) < 4.78 is 29.2. The number of carbonyl (C=O) groups excluding carboxylic acids is 1. The molecule has 0 aliphatic heterocycles. The highest BCUT2D eigenvalue weighted by Gasteiger charge is 2.14. The quantitative estimate of drug-likeness (QED) is 0.543. The number of thiazole rings is 1. The molecule has 0 atom stereocenters. The minimum Gasteiger partial charge on any atom is -0.435 e. The molecular weight excluding hydrogens is 356 g/mol. The second-order valence-electron chi connectivity index (χ2n) is 4.79. The van der Waals surface area contributed by atoms with Gasteiger partial charge in [-0.25, -0.2) is 4.98 Å². The number of benzene rings is 2. The zero-order chi connectivity index (χ0) is 18.0. The topological polar surface area (TPSA) is 94.4 Å². The maximum Gasteiger partial charge on any atom is 0.387 e. The fraction of sp³-hybridized carbons (Fsp3) is 0.0667. The minimum atomic E-state index is -2.99. The van der Waals surface area contributed by atoms with Gasteiger partial charge in [0, 0.05) is 17.7 Å². The SMILES string of the molecule is O=C(Nc1nc2ccc([N+](=O)[O-])cc2s1)c1cccc(OC(F)F)c1. The van der Waals surface area contributed by atoms with E-state index in [0.29, 0.717) is 10.2 Å². The maximum atomic E-state index is 12.2. The molecule has 0 saturated heterocycles. The lowest BCUT2D eigenvalue weighted by atomic mass is 10.2. The number of rotatable bonds is 5. The Bertz CT molecular complexity index is 961. The van der Waals surface area contributed by atoms with Gasteiger partial charge in [-0.1, -0.05) is 17.4 Å². The number of nitrogens with zero attached hydrogens (tertiary/aromatic N) is 2. The summed E-state index contributed by atoms with van der Waals surface area (Å²) in [6.45, 7) is -2.99. The number of hydrogen-bond acceptors (Lipinski definition) is 6. The van der Waals surface area contributed by atoms with Crippen LogP contribution in [0.2, 0.25) is 0 Å². The molecule has 0 spiro atoms. The van der Waals surface area contributed by atoms with E-state index in [0.717, 1.165) is 11.3 Å². The number of nitro benzene ring substituents is 1. The molecule has 1 aromatic heterocycles. The number of non-ortho nitro benzene ring substituents is 1. The maximum absolute atomic E-state index is 12.2. The fourth-order valence-corrected chi connectivity index (χ4v) is 2.96. The summed E-state index contributed by atoms with van der Waals surface area (Å²) in [7, 11) is 0. The van der Waals surface area contributed by atoms with Gasteiger partial charge in [-0.3, -0.25) is 20.2 Å². The Balaban J connectivity index is 1.81. The van der Waals surface area contributed by atoms with Crippen LogP contribution < -0.4 is 10.1 Å². The highest BCUT2D eigenvalue weighted by atomic mass is 32.1. The van der Waals surface area contributed by atoms with Crippen LogP contribution in [-0.4, -0.2) is 22.4 Å². The number of carbonyl (C=O) groups is 1. The van der Waals surface area contributed by atoms with Gasteiger partial charge in [-0.2, -0.15) is 8.78 Å². The molecular formula is C15H9F2N3O4S. The lowest BCUT2D eigenvalue weighted by Crippen LogP contribution is -2.12. The molecule has 0 saturated carbocycles. The van der Waals surface area contributed by atoms with Gasteiger partial charge in [0.1, 0.15) is 5.75 Å². The Kier molecular flexibility index (Phi) is 4.52. The molecule has 3 rings (SSSR count). The Hall–Kier alpha value is -3.14. The Labute approximate surface area is 143 Å². The second-order valence-corrected chi connectivity index (χ2v) is 5.82. The highest BCUT2D eigenvalue weighted by Crippen LogP contribution is 2.29. The van der Waals surface area contributed by atoms with Gasteiger partial charge in [0.2, 0.25) is 0 Å². The normalized spacial score (nSPS) is 10.8. The van der Waals surface area contributed by atoms with Crippen LogP contribution in [0.5, 0.6) is 5.75 Å². The van der Waals surface area contributed by atoms with E-state index >= 15 is 0 Å². The molecule has 1 heterocycles. The number of nitro groups is 1. The van der Waals surface area contributed by atoms with E-state index < -0.39 is 17.4 Å². The van der Waals surface area contributed by atoms with Crippen molar-refractivity contribution in [2.75, 3.05) is 5.32 Å². The van der Waals surface area contributed by atoms with E-state index in [9.17, 15) is 23.7 Å². The number of nitrogens with one attached hydrogen (secondary N) is 1. The molecule has 0 unspecified atom stereocenters. The largest absolute Gasteiger partial charge is 0.435 e.